The number of alkyl halides is 2. The van der Waals surface area contributed by atoms with Gasteiger partial charge in [0.05, 0.1) is 17.2 Å². The van der Waals surface area contributed by atoms with Crippen molar-refractivity contribution in [2.24, 2.45) is 12.5 Å². The quantitative estimate of drug-likeness (QED) is 0.857. The molecule has 1 saturated carbocycles. The van der Waals surface area contributed by atoms with Crippen molar-refractivity contribution in [2.75, 3.05) is 5.75 Å². The van der Waals surface area contributed by atoms with Gasteiger partial charge in [0.2, 0.25) is 5.92 Å². The number of halogens is 2. The minimum Gasteiger partial charge on any atom is -0.275 e. The molecule has 0 aromatic carbocycles. The molecule has 0 amide bonds. The van der Waals surface area contributed by atoms with Crippen molar-refractivity contribution < 1.29 is 17.2 Å². The summed E-state index contributed by atoms with van der Waals surface area (Å²) in [7, 11) is -1.73. The monoisotopic (exact) mass is 320 g/mol. The summed E-state index contributed by atoms with van der Waals surface area (Å²) in [5, 5.41) is 4.13. The van der Waals surface area contributed by atoms with E-state index in [2.05, 4.69) is 5.10 Å². The lowest BCUT2D eigenvalue weighted by atomic mass is 9.75. The molecule has 7 heteroatoms. The molecule has 1 atom stereocenters. The van der Waals surface area contributed by atoms with Crippen molar-refractivity contribution in [1.29, 1.82) is 0 Å². The van der Waals surface area contributed by atoms with Gasteiger partial charge in [-0.3, -0.25) is 4.68 Å². The van der Waals surface area contributed by atoms with Crippen LogP contribution in [-0.2, 0) is 22.6 Å². The summed E-state index contributed by atoms with van der Waals surface area (Å²) >= 11 is 0. The lowest BCUT2D eigenvalue weighted by molar-refractivity contribution is -0.0718. The average molecular weight is 320 g/mol. The van der Waals surface area contributed by atoms with Gasteiger partial charge in [-0.2, -0.15) is 5.10 Å². The zero-order valence-electron chi connectivity index (χ0n) is 12.7. The molecule has 0 bridgehead atoms. The summed E-state index contributed by atoms with van der Waals surface area (Å²) < 4.78 is 53.4. The molecule has 1 aliphatic rings. The summed E-state index contributed by atoms with van der Waals surface area (Å²) in [5.41, 5.74) is 0.465. The lowest BCUT2D eigenvalue weighted by Gasteiger charge is -2.37. The van der Waals surface area contributed by atoms with Crippen molar-refractivity contribution in [3.63, 3.8) is 0 Å². The Morgan fingerprint density at radius 3 is 2.57 bits per heavy atom. The second-order valence-electron chi connectivity index (χ2n) is 6.66. The Morgan fingerprint density at radius 1 is 1.38 bits per heavy atom. The highest BCUT2D eigenvalue weighted by Crippen LogP contribution is 2.45. The molecule has 0 aliphatic heterocycles. The molecule has 1 aromatic rings. The van der Waals surface area contributed by atoms with E-state index in [1.165, 1.54) is 0 Å². The first-order valence-corrected chi connectivity index (χ1v) is 8.90. The highest BCUT2D eigenvalue weighted by atomic mass is 32.2. The average Bonchev–Trinajstić information content (AvgIpc) is 2.52. The van der Waals surface area contributed by atoms with Crippen molar-refractivity contribution >= 4 is 9.84 Å². The Morgan fingerprint density at radius 2 is 2.05 bits per heavy atom. The summed E-state index contributed by atoms with van der Waals surface area (Å²) in [6.07, 6.45) is 2.17. The number of nitrogens with zero attached hydrogens (tertiary/aromatic N) is 2. The van der Waals surface area contributed by atoms with Gasteiger partial charge in [-0.25, -0.2) is 17.2 Å². The molecular formula is C14H22F2N2O2S. The fraction of sp³-hybridized carbons (Fsp3) is 0.786. The number of rotatable bonds is 4. The van der Waals surface area contributed by atoms with E-state index in [4.69, 9.17) is 0 Å². The van der Waals surface area contributed by atoms with Gasteiger partial charge >= 0.3 is 0 Å². The molecule has 2 rings (SSSR count). The molecule has 1 fully saturated rings. The fourth-order valence-corrected chi connectivity index (χ4v) is 5.40. The van der Waals surface area contributed by atoms with Crippen LogP contribution in [0.25, 0.3) is 0 Å². The number of sulfone groups is 1. The largest absolute Gasteiger partial charge is 0.275 e. The van der Waals surface area contributed by atoms with Gasteiger partial charge in [0.1, 0.15) is 0 Å². The van der Waals surface area contributed by atoms with Gasteiger partial charge in [0.15, 0.2) is 9.84 Å². The van der Waals surface area contributed by atoms with Crippen LogP contribution in [0.15, 0.2) is 6.20 Å². The predicted octanol–water partition coefficient (Wildman–Crippen LogP) is 2.86. The highest BCUT2D eigenvalue weighted by Gasteiger charge is 2.45. The van der Waals surface area contributed by atoms with Gasteiger partial charge in [0, 0.05) is 26.1 Å². The number of hydrogen-bond donors (Lipinski definition) is 0. The van der Waals surface area contributed by atoms with Crippen LogP contribution in [-0.4, -0.2) is 29.9 Å². The second kappa shape index (κ2) is 5.34. The summed E-state index contributed by atoms with van der Waals surface area (Å²) in [4.78, 5) is 0. The normalized spacial score (nSPS) is 26.0. The van der Waals surface area contributed by atoms with E-state index < -0.39 is 21.2 Å². The van der Waals surface area contributed by atoms with Crippen LogP contribution in [0, 0.1) is 12.3 Å². The first-order chi connectivity index (χ1) is 9.50. The van der Waals surface area contributed by atoms with Crippen LogP contribution < -0.4 is 0 Å². The van der Waals surface area contributed by atoms with Gasteiger partial charge in [-0.15, -0.1) is 0 Å². The lowest BCUT2D eigenvalue weighted by Crippen LogP contribution is -2.38. The zero-order valence-corrected chi connectivity index (χ0v) is 13.5. The molecule has 21 heavy (non-hydrogen) atoms. The number of hydrogen-bond acceptors (Lipinski definition) is 3. The molecule has 120 valence electrons. The van der Waals surface area contributed by atoms with Crippen LogP contribution in [0.3, 0.4) is 0 Å². The Balaban J connectivity index is 2.12. The van der Waals surface area contributed by atoms with E-state index in [1.807, 2.05) is 0 Å². The van der Waals surface area contributed by atoms with Crippen molar-refractivity contribution in [3.05, 3.63) is 17.5 Å². The Kier molecular flexibility index (Phi) is 4.17. The summed E-state index contributed by atoms with van der Waals surface area (Å²) in [5.74, 6) is -3.13. The molecular weight excluding hydrogens is 298 g/mol. The molecule has 0 N–H and O–H groups in total. The van der Waals surface area contributed by atoms with Gasteiger partial charge in [-0.05, 0) is 30.7 Å². The molecule has 1 heterocycles. The third-order valence-electron chi connectivity index (χ3n) is 4.05. The Hall–Kier alpha value is -0.980. The van der Waals surface area contributed by atoms with E-state index in [9.17, 15) is 17.2 Å². The van der Waals surface area contributed by atoms with E-state index in [1.54, 1.807) is 31.8 Å². The van der Waals surface area contributed by atoms with Crippen LogP contribution in [0.4, 0.5) is 8.78 Å². The molecule has 0 radical (unpaired) electrons. The smallest absolute Gasteiger partial charge is 0.248 e. The van der Waals surface area contributed by atoms with Crippen molar-refractivity contribution in [3.8, 4) is 0 Å². The first kappa shape index (κ1) is 16.4. The molecule has 0 saturated heterocycles. The van der Waals surface area contributed by atoms with Crippen molar-refractivity contribution in [1.82, 2.24) is 9.78 Å². The number of aryl methyl sites for hydroxylation is 2. The van der Waals surface area contributed by atoms with E-state index in [-0.39, 0.29) is 24.3 Å². The zero-order chi connectivity index (χ0) is 15.9. The second-order valence-corrected chi connectivity index (χ2v) is 8.73. The molecule has 1 aromatic heterocycles. The van der Waals surface area contributed by atoms with E-state index in [0.717, 1.165) is 5.56 Å². The first-order valence-electron chi connectivity index (χ1n) is 7.08. The van der Waals surface area contributed by atoms with E-state index >= 15 is 0 Å². The standard InChI is InChI=1S/C14H22F2N2O2S/c1-11-7-18(3)17-12(11)8-21(19,20)10-13(2)5-4-6-14(15,16)9-13/h7H,4-6,8-10H2,1-3H3. The minimum atomic E-state index is -3.46. The van der Waals surface area contributed by atoms with Crippen molar-refractivity contribution in [2.45, 2.75) is 51.2 Å². The maximum absolute atomic E-state index is 13.6. The van der Waals surface area contributed by atoms with Gasteiger partial charge in [-0.1, -0.05) is 6.92 Å². The van der Waals surface area contributed by atoms with Crippen LogP contribution in [0.5, 0.6) is 0 Å². The predicted molar refractivity (Wildman–Crippen MR) is 77.0 cm³/mol. The maximum Gasteiger partial charge on any atom is 0.248 e. The molecule has 0 spiro atoms. The van der Waals surface area contributed by atoms with Gasteiger partial charge < -0.3 is 0 Å². The minimum absolute atomic E-state index is 0.137. The third-order valence-corrected chi connectivity index (χ3v) is 5.90. The van der Waals surface area contributed by atoms with Gasteiger partial charge in [0.25, 0.3) is 0 Å². The van der Waals surface area contributed by atoms with Crippen LogP contribution >= 0.6 is 0 Å². The summed E-state index contributed by atoms with van der Waals surface area (Å²) in [6, 6.07) is 0. The fourth-order valence-electron chi connectivity index (χ4n) is 3.28. The third kappa shape index (κ3) is 4.25. The maximum atomic E-state index is 13.6. The SMILES string of the molecule is Cc1cn(C)nc1CS(=O)(=O)CC1(C)CCCC(F)(F)C1. The highest BCUT2D eigenvalue weighted by molar-refractivity contribution is 7.90. The molecule has 4 nitrogen and oxygen atoms in total. The topological polar surface area (TPSA) is 52.0 Å². The van der Waals surface area contributed by atoms with E-state index in [0.29, 0.717) is 18.5 Å². The van der Waals surface area contributed by atoms with Crippen LogP contribution in [0.1, 0.15) is 43.9 Å². The molecule has 1 unspecified atom stereocenters. The summed E-state index contributed by atoms with van der Waals surface area (Å²) in [6.45, 7) is 3.46. The number of aromatic nitrogens is 2. The Bertz CT molecular complexity index is 625. The Labute approximate surface area is 124 Å². The molecule has 1 aliphatic carbocycles. The van der Waals surface area contributed by atoms with Crippen LogP contribution in [0.2, 0.25) is 0 Å².